The van der Waals surface area contributed by atoms with Crippen LogP contribution in [0.3, 0.4) is 0 Å². The third kappa shape index (κ3) is 7.39. The van der Waals surface area contributed by atoms with Gasteiger partial charge < -0.3 is 29.0 Å². The highest BCUT2D eigenvalue weighted by molar-refractivity contribution is 6.34. The van der Waals surface area contributed by atoms with Crippen molar-refractivity contribution in [3.05, 3.63) is 64.6 Å². The summed E-state index contributed by atoms with van der Waals surface area (Å²) >= 11 is 6.55. The first-order valence-corrected chi connectivity index (χ1v) is 17.2. The van der Waals surface area contributed by atoms with Crippen molar-refractivity contribution in [3.8, 4) is 0 Å². The number of likely N-dealkylation sites (tertiary alicyclic amines) is 2. The van der Waals surface area contributed by atoms with E-state index in [4.69, 9.17) is 25.8 Å². The standard InChI is InChI=1S/C36H44ClFN4O6/c1-4-47-36(45)22-9-11-26(12-10-22)48-21-25-15-24(41-18-27(19-41)46-3)17-42(25)34(43)14-23-13-30(37)32(16-31(23)38)39-35(44)29-20-40(2)33-8-6-5-7-28(29)33/h5-8,13,16,20,22,24-27H,4,9-12,14-15,17-19,21H2,1-3H3,(H,39,44)/t22-,24-,25-,26-/m0/s1. The molecule has 2 amide bonds. The Bertz CT molecular complexity index is 1650. The number of hydrogen-bond donors (Lipinski definition) is 1. The number of rotatable bonds is 11. The average molecular weight is 683 g/mol. The van der Waals surface area contributed by atoms with Crippen molar-refractivity contribution >= 4 is 46.0 Å². The van der Waals surface area contributed by atoms with Crippen molar-refractivity contribution in [2.24, 2.45) is 13.0 Å². The van der Waals surface area contributed by atoms with E-state index in [9.17, 15) is 14.4 Å². The van der Waals surface area contributed by atoms with E-state index in [0.29, 0.717) is 25.3 Å². The van der Waals surface area contributed by atoms with Crippen LogP contribution in [0.2, 0.25) is 5.02 Å². The van der Waals surface area contributed by atoms with E-state index < -0.39 is 11.7 Å². The number of amides is 2. The number of hydrogen-bond acceptors (Lipinski definition) is 7. The Morgan fingerprint density at radius 2 is 1.79 bits per heavy atom. The van der Waals surface area contributed by atoms with E-state index in [0.717, 1.165) is 56.1 Å². The fraction of sp³-hybridized carbons (Fsp3) is 0.528. The number of halogens is 2. The second-order valence-electron chi connectivity index (χ2n) is 13.2. The molecule has 3 heterocycles. The number of esters is 1. The molecule has 0 unspecified atom stereocenters. The predicted molar refractivity (Wildman–Crippen MR) is 181 cm³/mol. The Morgan fingerprint density at radius 3 is 2.52 bits per heavy atom. The summed E-state index contributed by atoms with van der Waals surface area (Å²) in [4.78, 5) is 43.3. The number of fused-ring (bicyclic) bond motifs is 1. The molecule has 0 bridgehead atoms. The van der Waals surface area contributed by atoms with Crippen molar-refractivity contribution in [2.45, 2.75) is 69.7 Å². The van der Waals surface area contributed by atoms with Crippen LogP contribution in [0.1, 0.15) is 54.9 Å². The van der Waals surface area contributed by atoms with Crippen LogP contribution in [0, 0.1) is 11.7 Å². The number of nitrogens with zero attached hydrogens (tertiary/aromatic N) is 3. The Labute approximate surface area is 285 Å². The second-order valence-corrected chi connectivity index (χ2v) is 13.6. The van der Waals surface area contributed by atoms with Crippen LogP contribution in [-0.2, 0) is 37.3 Å². The maximum atomic E-state index is 15.5. The van der Waals surface area contributed by atoms with Gasteiger partial charge in [-0.3, -0.25) is 19.3 Å². The molecule has 2 atom stereocenters. The lowest BCUT2D eigenvalue weighted by molar-refractivity contribution is -0.150. The molecule has 258 valence electrons. The maximum absolute atomic E-state index is 15.5. The highest BCUT2D eigenvalue weighted by Crippen LogP contribution is 2.32. The van der Waals surface area contributed by atoms with Crippen molar-refractivity contribution in [1.82, 2.24) is 14.4 Å². The summed E-state index contributed by atoms with van der Waals surface area (Å²) in [7, 11) is 3.56. The molecule has 3 aromatic rings. The molecular formula is C36H44ClFN4O6. The molecule has 1 saturated carbocycles. The molecule has 12 heteroatoms. The lowest BCUT2D eigenvalue weighted by Crippen LogP contribution is -2.56. The first kappa shape index (κ1) is 34.4. The zero-order chi connectivity index (χ0) is 33.9. The minimum Gasteiger partial charge on any atom is -0.466 e. The molecular weight excluding hydrogens is 639 g/mol. The quantitative estimate of drug-likeness (QED) is 0.277. The van der Waals surface area contributed by atoms with Gasteiger partial charge in [0.1, 0.15) is 5.82 Å². The van der Waals surface area contributed by atoms with Crippen molar-refractivity contribution in [3.63, 3.8) is 0 Å². The summed E-state index contributed by atoms with van der Waals surface area (Å²) in [6, 6.07) is 10.1. The van der Waals surface area contributed by atoms with Crippen LogP contribution < -0.4 is 5.32 Å². The molecule has 1 N–H and O–H groups in total. The van der Waals surface area contributed by atoms with Gasteiger partial charge in [-0.1, -0.05) is 29.8 Å². The summed E-state index contributed by atoms with van der Waals surface area (Å²) in [5, 5.41) is 3.67. The Hall–Kier alpha value is -3.51. The molecule has 2 aliphatic heterocycles. The Morgan fingerprint density at radius 1 is 1.04 bits per heavy atom. The first-order chi connectivity index (χ1) is 23.1. The van der Waals surface area contributed by atoms with Gasteiger partial charge in [-0.15, -0.1) is 0 Å². The van der Waals surface area contributed by atoms with Gasteiger partial charge in [0.15, 0.2) is 0 Å². The number of carbonyl (C=O) groups is 3. The van der Waals surface area contributed by atoms with E-state index in [1.165, 1.54) is 12.1 Å². The lowest BCUT2D eigenvalue weighted by atomic mass is 9.87. The number of aromatic nitrogens is 1. The zero-order valence-corrected chi connectivity index (χ0v) is 28.5. The molecule has 2 saturated heterocycles. The molecule has 48 heavy (non-hydrogen) atoms. The number of para-hydroxylation sites is 1. The van der Waals surface area contributed by atoms with E-state index >= 15 is 4.39 Å². The van der Waals surface area contributed by atoms with Gasteiger partial charge in [-0.05, 0) is 62.8 Å². The third-order valence-corrected chi connectivity index (χ3v) is 10.4. The highest BCUT2D eigenvalue weighted by Gasteiger charge is 2.42. The summed E-state index contributed by atoms with van der Waals surface area (Å²) < 4.78 is 34.4. The van der Waals surface area contributed by atoms with Crippen LogP contribution in [0.4, 0.5) is 10.1 Å². The van der Waals surface area contributed by atoms with Gasteiger partial charge in [-0.25, -0.2) is 4.39 Å². The molecule has 3 fully saturated rings. The number of aryl methyl sites for hydroxylation is 1. The first-order valence-electron chi connectivity index (χ1n) is 16.8. The SMILES string of the molecule is CCOC(=O)[C@H]1CC[C@H](OC[C@@H]2C[C@H](N3CC(OC)C3)CN2C(=O)Cc2cc(Cl)c(NC(=O)c3cn(C)c4ccccc34)cc2F)CC1. The van der Waals surface area contributed by atoms with Crippen molar-refractivity contribution in [2.75, 3.05) is 45.3 Å². The van der Waals surface area contributed by atoms with Gasteiger partial charge in [0.05, 0.1) is 60.1 Å². The van der Waals surface area contributed by atoms with E-state index in [2.05, 4.69) is 10.2 Å². The third-order valence-electron chi connectivity index (χ3n) is 10.1. The number of methoxy groups -OCH3 is 1. The minimum atomic E-state index is -0.617. The molecule has 3 aliphatic rings. The zero-order valence-electron chi connectivity index (χ0n) is 27.8. The number of benzene rings is 2. The van der Waals surface area contributed by atoms with Gasteiger partial charge in [0, 0.05) is 56.9 Å². The fourth-order valence-corrected chi connectivity index (χ4v) is 7.54. The molecule has 1 aliphatic carbocycles. The van der Waals surface area contributed by atoms with Crippen LogP contribution >= 0.6 is 11.6 Å². The second kappa shape index (κ2) is 14.9. The van der Waals surface area contributed by atoms with Gasteiger partial charge in [-0.2, -0.15) is 0 Å². The van der Waals surface area contributed by atoms with Gasteiger partial charge in [0.25, 0.3) is 5.91 Å². The Balaban J connectivity index is 1.10. The van der Waals surface area contributed by atoms with E-state index in [1.54, 1.807) is 13.3 Å². The minimum absolute atomic E-state index is 0.0152. The average Bonchev–Trinajstić information content (AvgIpc) is 3.63. The van der Waals surface area contributed by atoms with Crippen LogP contribution in [0.15, 0.2) is 42.6 Å². The molecule has 6 rings (SSSR count). The molecule has 0 radical (unpaired) electrons. The molecule has 1 aromatic heterocycles. The topological polar surface area (TPSA) is 102 Å². The van der Waals surface area contributed by atoms with Gasteiger partial charge in [0.2, 0.25) is 5.91 Å². The largest absolute Gasteiger partial charge is 0.466 e. The van der Waals surface area contributed by atoms with Crippen molar-refractivity contribution < 1.29 is 33.0 Å². The monoisotopic (exact) mass is 682 g/mol. The predicted octanol–water partition coefficient (Wildman–Crippen LogP) is 5.20. The molecule has 10 nitrogen and oxygen atoms in total. The smallest absolute Gasteiger partial charge is 0.308 e. The lowest BCUT2D eigenvalue weighted by Gasteiger charge is -2.42. The fourth-order valence-electron chi connectivity index (χ4n) is 7.31. The summed E-state index contributed by atoms with van der Waals surface area (Å²) in [5.74, 6) is -1.45. The van der Waals surface area contributed by atoms with E-state index in [1.807, 2.05) is 47.7 Å². The van der Waals surface area contributed by atoms with E-state index in [-0.39, 0.29) is 64.8 Å². The summed E-state index contributed by atoms with van der Waals surface area (Å²) in [5.41, 5.74) is 1.65. The summed E-state index contributed by atoms with van der Waals surface area (Å²) in [6.07, 6.45) is 5.50. The number of nitrogens with one attached hydrogen (secondary N) is 1. The van der Waals surface area contributed by atoms with Crippen LogP contribution in [-0.4, -0.2) is 96.4 Å². The number of anilines is 1. The number of ether oxygens (including phenoxy) is 3. The van der Waals surface area contributed by atoms with Crippen molar-refractivity contribution in [1.29, 1.82) is 0 Å². The Kier molecular flexibility index (Phi) is 10.7. The number of carbonyl (C=O) groups excluding carboxylic acids is 3. The van der Waals surface area contributed by atoms with Crippen LogP contribution in [0.25, 0.3) is 10.9 Å². The molecule has 2 aromatic carbocycles. The normalized spacial score (nSPS) is 23.3. The summed E-state index contributed by atoms with van der Waals surface area (Å²) in [6.45, 7) is 4.72. The van der Waals surface area contributed by atoms with Crippen LogP contribution in [0.5, 0.6) is 0 Å². The van der Waals surface area contributed by atoms with Gasteiger partial charge >= 0.3 is 5.97 Å². The highest BCUT2D eigenvalue weighted by atomic mass is 35.5. The molecule has 0 spiro atoms. The maximum Gasteiger partial charge on any atom is 0.308 e.